The van der Waals surface area contributed by atoms with E-state index in [1.807, 2.05) is 35.7 Å². The zero-order chi connectivity index (χ0) is 16.2. The van der Waals surface area contributed by atoms with Crippen molar-refractivity contribution in [1.82, 2.24) is 9.88 Å². The molecule has 1 saturated heterocycles. The van der Waals surface area contributed by atoms with E-state index in [1.54, 1.807) is 4.90 Å². The van der Waals surface area contributed by atoms with Crippen molar-refractivity contribution in [1.29, 1.82) is 0 Å². The Bertz CT molecular complexity index is 704. The van der Waals surface area contributed by atoms with Crippen LogP contribution in [0.3, 0.4) is 0 Å². The molecule has 1 aromatic carbocycles. The predicted octanol–water partition coefficient (Wildman–Crippen LogP) is 2.87. The average molecular weight is 350 g/mol. The van der Waals surface area contributed by atoms with Crippen molar-refractivity contribution < 1.29 is 9.59 Å². The standard InChI is InChI=1S/C16H16ClN3O2S/c17-7-13-10-23-16(18-13)19-15(22)12-6-14(21)20(9-12)8-11-4-2-1-3-5-11/h1-5,10,12H,6-9H2,(H,18,19,22). The number of likely N-dealkylation sites (tertiary alicyclic amines) is 1. The van der Waals surface area contributed by atoms with Crippen molar-refractivity contribution in [3.8, 4) is 0 Å². The summed E-state index contributed by atoms with van der Waals surface area (Å²) >= 11 is 7.04. The van der Waals surface area contributed by atoms with Crippen molar-refractivity contribution in [3.63, 3.8) is 0 Å². The molecular weight excluding hydrogens is 334 g/mol. The number of hydrogen-bond acceptors (Lipinski definition) is 4. The number of amides is 2. The summed E-state index contributed by atoms with van der Waals surface area (Å²) in [6, 6.07) is 9.77. The first-order chi connectivity index (χ1) is 11.2. The second-order valence-corrected chi connectivity index (χ2v) is 6.55. The topological polar surface area (TPSA) is 62.3 Å². The number of thiazole rings is 1. The van der Waals surface area contributed by atoms with Gasteiger partial charge in [0.1, 0.15) is 0 Å². The molecule has 1 atom stereocenters. The van der Waals surface area contributed by atoms with Crippen LogP contribution in [0.25, 0.3) is 0 Å². The number of rotatable bonds is 5. The Labute approximate surface area is 143 Å². The number of aromatic nitrogens is 1. The maximum atomic E-state index is 12.3. The van der Waals surface area contributed by atoms with E-state index in [0.717, 1.165) is 11.3 Å². The van der Waals surface area contributed by atoms with Crippen LogP contribution in [0.2, 0.25) is 0 Å². The van der Waals surface area contributed by atoms with Crippen LogP contribution in [0.1, 0.15) is 17.7 Å². The summed E-state index contributed by atoms with van der Waals surface area (Å²) in [4.78, 5) is 30.3. The molecule has 0 saturated carbocycles. The number of nitrogens with one attached hydrogen (secondary N) is 1. The zero-order valence-electron chi connectivity index (χ0n) is 12.4. The van der Waals surface area contributed by atoms with Gasteiger partial charge in [0.2, 0.25) is 11.8 Å². The van der Waals surface area contributed by atoms with Gasteiger partial charge < -0.3 is 10.2 Å². The third-order valence-electron chi connectivity index (χ3n) is 3.72. The highest BCUT2D eigenvalue weighted by Gasteiger charge is 2.34. The molecule has 1 unspecified atom stereocenters. The molecule has 0 radical (unpaired) electrons. The zero-order valence-corrected chi connectivity index (χ0v) is 13.9. The van der Waals surface area contributed by atoms with Crippen molar-refractivity contribution in [2.75, 3.05) is 11.9 Å². The number of nitrogens with zero attached hydrogens (tertiary/aromatic N) is 2. The van der Waals surface area contributed by atoms with Crippen LogP contribution >= 0.6 is 22.9 Å². The van der Waals surface area contributed by atoms with Crippen LogP contribution < -0.4 is 5.32 Å². The Morgan fingerprint density at radius 3 is 2.87 bits per heavy atom. The van der Waals surface area contributed by atoms with Crippen molar-refractivity contribution >= 4 is 39.9 Å². The van der Waals surface area contributed by atoms with E-state index in [9.17, 15) is 9.59 Å². The summed E-state index contributed by atoms with van der Waals surface area (Å²) in [6.07, 6.45) is 0.242. The quantitative estimate of drug-likeness (QED) is 0.844. The van der Waals surface area contributed by atoms with E-state index >= 15 is 0 Å². The minimum atomic E-state index is -0.338. The van der Waals surface area contributed by atoms with E-state index in [1.165, 1.54) is 11.3 Å². The molecule has 1 N–H and O–H groups in total. The lowest BCUT2D eigenvalue weighted by Crippen LogP contribution is -2.28. The molecule has 23 heavy (non-hydrogen) atoms. The summed E-state index contributed by atoms with van der Waals surface area (Å²) in [5.74, 6) is -0.174. The highest BCUT2D eigenvalue weighted by Crippen LogP contribution is 2.23. The molecule has 2 heterocycles. The lowest BCUT2D eigenvalue weighted by Gasteiger charge is -2.16. The Hall–Kier alpha value is -1.92. The summed E-state index contributed by atoms with van der Waals surface area (Å²) in [5.41, 5.74) is 1.80. The van der Waals surface area contributed by atoms with Gasteiger partial charge in [0.05, 0.1) is 17.5 Å². The van der Waals surface area contributed by atoms with Crippen LogP contribution in [-0.2, 0) is 22.0 Å². The number of hydrogen-bond donors (Lipinski definition) is 1. The SMILES string of the molecule is O=C(Nc1nc(CCl)cs1)C1CC(=O)N(Cc2ccccc2)C1. The van der Waals surface area contributed by atoms with E-state index in [4.69, 9.17) is 11.6 Å². The minimum absolute atomic E-state index is 0.00888. The maximum Gasteiger partial charge on any atom is 0.231 e. The molecule has 2 amide bonds. The fourth-order valence-corrected chi connectivity index (χ4v) is 3.48. The second-order valence-electron chi connectivity index (χ2n) is 5.43. The van der Waals surface area contributed by atoms with Crippen LogP contribution in [-0.4, -0.2) is 28.2 Å². The highest BCUT2D eigenvalue weighted by atomic mass is 35.5. The number of alkyl halides is 1. The number of carbonyl (C=O) groups is 2. The van der Waals surface area contributed by atoms with Crippen molar-refractivity contribution in [2.24, 2.45) is 5.92 Å². The van der Waals surface area contributed by atoms with E-state index in [2.05, 4.69) is 10.3 Å². The van der Waals surface area contributed by atoms with Gasteiger partial charge in [-0.2, -0.15) is 0 Å². The fourth-order valence-electron chi connectivity index (χ4n) is 2.54. The molecule has 3 rings (SSSR count). The van der Waals surface area contributed by atoms with Crippen LogP contribution in [0.4, 0.5) is 5.13 Å². The predicted molar refractivity (Wildman–Crippen MR) is 90.3 cm³/mol. The number of benzene rings is 1. The molecule has 120 valence electrons. The Morgan fingerprint density at radius 2 is 2.17 bits per heavy atom. The number of carbonyl (C=O) groups excluding carboxylic acids is 2. The van der Waals surface area contributed by atoms with Gasteiger partial charge in [0.15, 0.2) is 5.13 Å². The second kappa shape index (κ2) is 7.10. The van der Waals surface area contributed by atoms with E-state index in [-0.39, 0.29) is 24.2 Å². The first-order valence-corrected chi connectivity index (χ1v) is 8.70. The van der Waals surface area contributed by atoms with Crippen molar-refractivity contribution in [2.45, 2.75) is 18.8 Å². The molecule has 7 heteroatoms. The molecule has 5 nitrogen and oxygen atoms in total. The first-order valence-electron chi connectivity index (χ1n) is 7.28. The Morgan fingerprint density at radius 1 is 1.39 bits per heavy atom. The lowest BCUT2D eigenvalue weighted by atomic mass is 10.1. The Kier molecular flexibility index (Phi) is 4.93. The van der Waals surface area contributed by atoms with Crippen LogP contribution in [0, 0.1) is 5.92 Å². The van der Waals surface area contributed by atoms with E-state index in [0.29, 0.717) is 24.1 Å². The van der Waals surface area contributed by atoms with Gasteiger partial charge in [0, 0.05) is 24.9 Å². The third kappa shape index (κ3) is 3.89. The molecule has 0 aliphatic carbocycles. The summed E-state index contributed by atoms with van der Waals surface area (Å²) in [7, 11) is 0. The first kappa shape index (κ1) is 16.0. The normalized spacial score (nSPS) is 17.5. The molecule has 0 spiro atoms. The average Bonchev–Trinajstić information content (AvgIpc) is 3.15. The van der Waals surface area contributed by atoms with Gasteiger partial charge in [0.25, 0.3) is 0 Å². The monoisotopic (exact) mass is 349 g/mol. The summed E-state index contributed by atoms with van der Waals surface area (Å²) in [6.45, 7) is 0.977. The van der Waals surface area contributed by atoms with Gasteiger partial charge in [-0.25, -0.2) is 4.98 Å². The van der Waals surface area contributed by atoms with Gasteiger partial charge in [-0.1, -0.05) is 30.3 Å². The third-order valence-corrected chi connectivity index (χ3v) is 4.80. The van der Waals surface area contributed by atoms with Gasteiger partial charge >= 0.3 is 0 Å². The molecule has 0 bridgehead atoms. The molecule has 1 fully saturated rings. The van der Waals surface area contributed by atoms with Crippen molar-refractivity contribution in [3.05, 3.63) is 47.0 Å². The molecule has 2 aromatic rings. The summed E-state index contributed by atoms with van der Waals surface area (Å²) in [5, 5.41) is 5.11. The van der Waals surface area contributed by atoms with Gasteiger partial charge in [-0.3, -0.25) is 9.59 Å². The lowest BCUT2D eigenvalue weighted by molar-refractivity contribution is -0.128. The van der Waals surface area contributed by atoms with E-state index < -0.39 is 0 Å². The Balaban J connectivity index is 1.59. The highest BCUT2D eigenvalue weighted by molar-refractivity contribution is 7.14. The fraction of sp³-hybridized carbons (Fsp3) is 0.312. The summed E-state index contributed by atoms with van der Waals surface area (Å²) < 4.78 is 0. The maximum absolute atomic E-state index is 12.3. The largest absolute Gasteiger partial charge is 0.338 e. The molecular formula is C16H16ClN3O2S. The minimum Gasteiger partial charge on any atom is -0.338 e. The number of halogens is 1. The molecule has 1 aromatic heterocycles. The van der Waals surface area contributed by atoms with Crippen LogP contribution in [0.5, 0.6) is 0 Å². The smallest absolute Gasteiger partial charge is 0.231 e. The molecule has 1 aliphatic heterocycles. The van der Waals surface area contributed by atoms with Gasteiger partial charge in [-0.05, 0) is 5.56 Å². The van der Waals surface area contributed by atoms with Crippen LogP contribution in [0.15, 0.2) is 35.7 Å². The van der Waals surface area contributed by atoms with Gasteiger partial charge in [-0.15, -0.1) is 22.9 Å². The molecule has 1 aliphatic rings. The number of anilines is 1.